The normalized spacial score (nSPS) is 13.1. The number of aromatic nitrogens is 2. The Labute approximate surface area is 140 Å². The van der Waals surface area contributed by atoms with E-state index in [-0.39, 0.29) is 22.5 Å². The van der Waals surface area contributed by atoms with Gasteiger partial charge < -0.3 is 9.72 Å². The van der Waals surface area contributed by atoms with Gasteiger partial charge in [-0.05, 0) is 29.3 Å². The van der Waals surface area contributed by atoms with Gasteiger partial charge in [0.2, 0.25) is 0 Å². The fourth-order valence-corrected chi connectivity index (χ4v) is 3.08. The van der Waals surface area contributed by atoms with Crippen LogP contribution in [0.3, 0.4) is 0 Å². The van der Waals surface area contributed by atoms with Crippen molar-refractivity contribution in [3.63, 3.8) is 0 Å². The molecule has 7 heteroatoms. The standard InChI is InChI=1S/C17H12ClFN2O3/c18-12-7-14-11(6-13(12)19)16(22)21(17(23)20-14)8-9-1-2-15-10(5-9)3-4-24-15/h1-2,5-7H,3-4,8H2,(H,20,23). The number of rotatable bonds is 2. The lowest BCUT2D eigenvalue weighted by Crippen LogP contribution is -2.35. The number of nitrogens with one attached hydrogen (secondary N) is 1. The third-order valence-electron chi connectivity index (χ3n) is 4.12. The van der Waals surface area contributed by atoms with Gasteiger partial charge in [-0.2, -0.15) is 0 Å². The summed E-state index contributed by atoms with van der Waals surface area (Å²) < 4.78 is 20.1. The summed E-state index contributed by atoms with van der Waals surface area (Å²) in [5, 5.41) is -0.0603. The molecule has 1 aromatic heterocycles. The molecule has 0 amide bonds. The van der Waals surface area contributed by atoms with Crippen molar-refractivity contribution in [3.05, 3.63) is 73.1 Å². The molecule has 0 aliphatic carbocycles. The predicted molar refractivity (Wildman–Crippen MR) is 88.5 cm³/mol. The molecule has 1 N–H and O–H groups in total. The summed E-state index contributed by atoms with van der Waals surface area (Å²) in [4.78, 5) is 27.4. The Bertz CT molecular complexity index is 1090. The van der Waals surface area contributed by atoms with E-state index in [9.17, 15) is 14.0 Å². The van der Waals surface area contributed by atoms with Crippen LogP contribution >= 0.6 is 11.6 Å². The van der Waals surface area contributed by atoms with Crippen molar-refractivity contribution in [2.75, 3.05) is 6.61 Å². The molecule has 0 atom stereocenters. The number of aromatic amines is 1. The number of hydrogen-bond donors (Lipinski definition) is 1. The highest BCUT2D eigenvalue weighted by Crippen LogP contribution is 2.26. The Morgan fingerprint density at radius 1 is 1.25 bits per heavy atom. The Morgan fingerprint density at radius 3 is 2.92 bits per heavy atom. The van der Waals surface area contributed by atoms with Gasteiger partial charge in [0.15, 0.2) is 0 Å². The molecule has 2 aromatic carbocycles. The molecule has 0 saturated heterocycles. The molecule has 0 bridgehead atoms. The molecule has 3 aromatic rings. The van der Waals surface area contributed by atoms with Gasteiger partial charge in [-0.25, -0.2) is 9.18 Å². The number of fused-ring (bicyclic) bond motifs is 2. The highest BCUT2D eigenvalue weighted by Gasteiger charge is 2.14. The molecular formula is C17H12ClFN2O3. The van der Waals surface area contributed by atoms with Crippen molar-refractivity contribution in [1.29, 1.82) is 0 Å². The zero-order valence-electron chi connectivity index (χ0n) is 12.4. The highest BCUT2D eigenvalue weighted by molar-refractivity contribution is 6.31. The van der Waals surface area contributed by atoms with Crippen LogP contribution in [0, 0.1) is 5.82 Å². The fraction of sp³-hybridized carbons (Fsp3) is 0.176. The molecule has 0 spiro atoms. The first-order valence-corrected chi connectivity index (χ1v) is 7.77. The second kappa shape index (κ2) is 5.49. The topological polar surface area (TPSA) is 64.1 Å². The predicted octanol–water partition coefficient (Wildman–Crippen LogP) is 2.47. The quantitative estimate of drug-likeness (QED) is 0.775. The molecule has 1 aliphatic heterocycles. The van der Waals surface area contributed by atoms with E-state index in [0.29, 0.717) is 6.61 Å². The van der Waals surface area contributed by atoms with Gasteiger partial charge in [0.25, 0.3) is 5.56 Å². The second-order valence-corrected chi connectivity index (χ2v) is 6.08. The summed E-state index contributed by atoms with van der Waals surface area (Å²) in [7, 11) is 0. The summed E-state index contributed by atoms with van der Waals surface area (Å²) in [6.45, 7) is 0.733. The Morgan fingerprint density at radius 2 is 2.08 bits per heavy atom. The largest absolute Gasteiger partial charge is 0.493 e. The van der Waals surface area contributed by atoms with Crippen molar-refractivity contribution in [3.8, 4) is 5.75 Å². The molecular weight excluding hydrogens is 335 g/mol. The van der Waals surface area contributed by atoms with E-state index in [1.54, 1.807) is 0 Å². The lowest BCUT2D eigenvalue weighted by atomic mass is 10.1. The molecule has 1 aliphatic rings. The molecule has 24 heavy (non-hydrogen) atoms. The van der Waals surface area contributed by atoms with Gasteiger partial charge in [-0.15, -0.1) is 0 Å². The molecule has 5 nitrogen and oxygen atoms in total. The van der Waals surface area contributed by atoms with E-state index in [1.165, 1.54) is 6.07 Å². The van der Waals surface area contributed by atoms with E-state index < -0.39 is 17.1 Å². The average Bonchev–Trinajstić information content (AvgIpc) is 3.01. The number of nitrogens with zero attached hydrogens (tertiary/aromatic N) is 1. The van der Waals surface area contributed by atoms with Crippen molar-refractivity contribution >= 4 is 22.5 Å². The summed E-state index contributed by atoms with van der Waals surface area (Å²) >= 11 is 5.70. The summed E-state index contributed by atoms with van der Waals surface area (Å²) in [6, 6.07) is 7.84. The second-order valence-electron chi connectivity index (χ2n) is 5.67. The fourth-order valence-electron chi connectivity index (χ4n) is 2.91. The molecule has 0 unspecified atom stereocenters. The summed E-state index contributed by atoms with van der Waals surface area (Å²) in [6.07, 6.45) is 0.801. The zero-order chi connectivity index (χ0) is 16.8. The maximum Gasteiger partial charge on any atom is 0.329 e. The van der Waals surface area contributed by atoms with Crippen LogP contribution in [0.4, 0.5) is 4.39 Å². The van der Waals surface area contributed by atoms with Gasteiger partial charge >= 0.3 is 5.69 Å². The first-order chi connectivity index (χ1) is 11.5. The summed E-state index contributed by atoms with van der Waals surface area (Å²) in [5.74, 6) is 0.129. The minimum atomic E-state index is -0.699. The summed E-state index contributed by atoms with van der Waals surface area (Å²) in [5.41, 5.74) is 0.958. The number of H-pyrrole nitrogens is 1. The third kappa shape index (κ3) is 2.39. The van der Waals surface area contributed by atoms with Crippen LogP contribution in [0.15, 0.2) is 39.9 Å². The first kappa shape index (κ1) is 15.0. The average molecular weight is 347 g/mol. The van der Waals surface area contributed by atoms with Crippen LogP contribution in [-0.2, 0) is 13.0 Å². The highest BCUT2D eigenvalue weighted by atomic mass is 35.5. The monoisotopic (exact) mass is 346 g/mol. The van der Waals surface area contributed by atoms with E-state index in [1.807, 2.05) is 18.2 Å². The van der Waals surface area contributed by atoms with Gasteiger partial charge in [-0.3, -0.25) is 9.36 Å². The Balaban J connectivity index is 1.83. The van der Waals surface area contributed by atoms with Gasteiger partial charge in [0, 0.05) is 6.42 Å². The van der Waals surface area contributed by atoms with Crippen LogP contribution in [0.2, 0.25) is 5.02 Å². The van der Waals surface area contributed by atoms with Crippen molar-refractivity contribution in [2.24, 2.45) is 0 Å². The number of ether oxygens (including phenoxy) is 1. The third-order valence-corrected chi connectivity index (χ3v) is 4.41. The molecule has 0 fully saturated rings. The van der Waals surface area contributed by atoms with E-state index in [4.69, 9.17) is 16.3 Å². The van der Waals surface area contributed by atoms with E-state index in [0.717, 1.165) is 33.9 Å². The molecule has 0 radical (unpaired) electrons. The van der Waals surface area contributed by atoms with E-state index >= 15 is 0 Å². The lowest BCUT2D eigenvalue weighted by molar-refractivity contribution is 0.357. The van der Waals surface area contributed by atoms with Crippen molar-refractivity contribution in [2.45, 2.75) is 13.0 Å². The Hall–Kier alpha value is -2.60. The zero-order valence-corrected chi connectivity index (χ0v) is 13.2. The lowest BCUT2D eigenvalue weighted by Gasteiger charge is -2.08. The number of benzene rings is 2. The smallest absolute Gasteiger partial charge is 0.329 e. The first-order valence-electron chi connectivity index (χ1n) is 7.39. The molecule has 122 valence electrons. The van der Waals surface area contributed by atoms with Gasteiger partial charge in [0.05, 0.1) is 29.1 Å². The van der Waals surface area contributed by atoms with Crippen LogP contribution < -0.4 is 16.0 Å². The van der Waals surface area contributed by atoms with Crippen molar-refractivity contribution < 1.29 is 9.13 Å². The Kier molecular flexibility index (Phi) is 3.42. The van der Waals surface area contributed by atoms with Crippen LogP contribution in [-0.4, -0.2) is 16.2 Å². The SMILES string of the molecule is O=c1[nH]c2cc(Cl)c(F)cc2c(=O)n1Cc1ccc2c(c1)CCO2. The van der Waals surface area contributed by atoms with E-state index in [2.05, 4.69) is 4.98 Å². The molecule has 2 heterocycles. The minimum Gasteiger partial charge on any atom is -0.493 e. The minimum absolute atomic E-state index is 0.0843. The molecule has 0 saturated carbocycles. The van der Waals surface area contributed by atoms with Crippen molar-refractivity contribution in [1.82, 2.24) is 9.55 Å². The van der Waals surface area contributed by atoms with Gasteiger partial charge in [0.1, 0.15) is 11.6 Å². The van der Waals surface area contributed by atoms with Crippen LogP contribution in [0.1, 0.15) is 11.1 Å². The molecule has 4 rings (SSSR count). The van der Waals surface area contributed by atoms with Gasteiger partial charge in [-0.1, -0.05) is 23.7 Å². The maximum absolute atomic E-state index is 13.7. The number of halogens is 2. The maximum atomic E-state index is 13.7. The van der Waals surface area contributed by atoms with Crippen LogP contribution in [0.25, 0.3) is 10.9 Å². The van der Waals surface area contributed by atoms with Crippen LogP contribution in [0.5, 0.6) is 5.75 Å². The number of hydrogen-bond acceptors (Lipinski definition) is 3.